The molecule has 6 heteroatoms. The second kappa shape index (κ2) is 8.02. The third-order valence-electron chi connectivity index (χ3n) is 5.67. The Morgan fingerprint density at radius 1 is 1.28 bits per heavy atom. The number of nitrogens with zero attached hydrogens (tertiary/aromatic N) is 1. The Bertz CT molecular complexity index is 603. The Hall–Kier alpha value is -1.17. The lowest BCUT2D eigenvalue weighted by Gasteiger charge is -2.35. The fourth-order valence-corrected chi connectivity index (χ4v) is 4.50. The van der Waals surface area contributed by atoms with E-state index in [4.69, 9.17) is 4.74 Å². The molecule has 138 valence electrons. The molecule has 3 unspecified atom stereocenters. The number of halogens is 2. The van der Waals surface area contributed by atoms with Crippen molar-refractivity contribution in [3.63, 3.8) is 0 Å². The minimum absolute atomic E-state index is 0. The van der Waals surface area contributed by atoms with E-state index in [-0.39, 0.29) is 30.2 Å². The minimum Gasteiger partial charge on any atom is -0.370 e. The molecule has 3 aliphatic rings. The Balaban J connectivity index is 0.00000182. The van der Waals surface area contributed by atoms with Crippen molar-refractivity contribution in [2.75, 3.05) is 19.7 Å². The van der Waals surface area contributed by atoms with Crippen molar-refractivity contribution in [2.24, 2.45) is 5.92 Å². The molecule has 3 atom stereocenters. The Morgan fingerprint density at radius 2 is 2.04 bits per heavy atom. The zero-order valence-corrected chi connectivity index (χ0v) is 15.1. The van der Waals surface area contributed by atoms with Gasteiger partial charge in [0.2, 0.25) is 5.91 Å². The number of morpholine rings is 1. The van der Waals surface area contributed by atoms with Crippen LogP contribution in [0, 0.1) is 11.7 Å². The Morgan fingerprint density at radius 3 is 2.76 bits per heavy atom. The molecule has 0 radical (unpaired) electrons. The standard InChI is InChI=1S/C19H25FN2O2.ClH/c20-15-3-1-2-14(11-15)18-12-22(6-7-24-18)19(23)10-13-8-16-4-5-17(9-13)21-16;/h1-3,11,13,16-18,21H,4-10,12H2;1H. The number of fused-ring (bicyclic) bond motifs is 2. The summed E-state index contributed by atoms with van der Waals surface area (Å²) in [6.45, 7) is 1.69. The van der Waals surface area contributed by atoms with E-state index in [0.717, 1.165) is 18.4 Å². The summed E-state index contributed by atoms with van der Waals surface area (Å²) < 4.78 is 19.2. The van der Waals surface area contributed by atoms with Gasteiger partial charge in [-0.25, -0.2) is 4.39 Å². The van der Waals surface area contributed by atoms with Gasteiger partial charge < -0.3 is 15.0 Å². The van der Waals surface area contributed by atoms with E-state index < -0.39 is 0 Å². The monoisotopic (exact) mass is 368 g/mol. The summed E-state index contributed by atoms with van der Waals surface area (Å²) in [4.78, 5) is 14.6. The van der Waals surface area contributed by atoms with E-state index in [2.05, 4.69) is 5.32 Å². The lowest BCUT2D eigenvalue weighted by atomic mass is 9.89. The summed E-state index contributed by atoms with van der Waals surface area (Å²) in [5, 5.41) is 3.63. The number of nitrogens with one attached hydrogen (secondary N) is 1. The molecule has 0 saturated carbocycles. The molecule has 0 aromatic heterocycles. The van der Waals surface area contributed by atoms with Crippen LogP contribution in [-0.2, 0) is 9.53 Å². The molecule has 1 amide bonds. The van der Waals surface area contributed by atoms with Crippen LogP contribution in [0.1, 0.15) is 43.8 Å². The largest absolute Gasteiger partial charge is 0.370 e. The molecule has 25 heavy (non-hydrogen) atoms. The molecule has 4 nitrogen and oxygen atoms in total. The van der Waals surface area contributed by atoms with Crippen LogP contribution in [0.25, 0.3) is 0 Å². The molecule has 1 N–H and O–H groups in total. The summed E-state index contributed by atoms with van der Waals surface area (Å²) in [5.41, 5.74) is 0.812. The molecule has 1 aromatic rings. The fraction of sp³-hybridized carbons (Fsp3) is 0.632. The first kappa shape index (κ1) is 18.6. The Kier molecular flexibility index (Phi) is 5.97. The predicted octanol–water partition coefficient (Wildman–Crippen LogP) is 3.07. The predicted molar refractivity (Wildman–Crippen MR) is 96.2 cm³/mol. The topological polar surface area (TPSA) is 41.6 Å². The van der Waals surface area contributed by atoms with Crippen LogP contribution in [0.5, 0.6) is 0 Å². The van der Waals surface area contributed by atoms with E-state index in [1.807, 2.05) is 11.0 Å². The van der Waals surface area contributed by atoms with Crippen LogP contribution in [0.4, 0.5) is 4.39 Å². The quantitative estimate of drug-likeness (QED) is 0.891. The molecule has 1 aromatic carbocycles. The number of ether oxygens (including phenoxy) is 1. The molecule has 3 fully saturated rings. The first-order valence-corrected chi connectivity index (χ1v) is 9.08. The van der Waals surface area contributed by atoms with E-state index in [9.17, 15) is 9.18 Å². The van der Waals surface area contributed by atoms with Crippen molar-refractivity contribution in [1.29, 1.82) is 0 Å². The summed E-state index contributed by atoms with van der Waals surface area (Å²) in [6, 6.07) is 7.73. The lowest BCUT2D eigenvalue weighted by molar-refractivity contribution is -0.140. The molecule has 4 rings (SSSR count). The van der Waals surface area contributed by atoms with Crippen molar-refractivity contribution in [2.45, 2.75) is 50.3 Å². The molecule has 3 saturated heterocycles. The Labute approximate surface area is 154 Å². The number of rotatable bonds is 3. The van der Waals surface area contributed by atoms with Gasteiger partial charge in [0.25, 0.3) is 0 Å². The van der Waals surface area contributed by atoms with Crippen LogP contribution in [0.3, 0.4) is 0 Å². The normalized spacial score (nSPS) is 31.5. The lowest BCUT2D eigenvalue weighted by Crippen LogP contribution is -2.44. The van der Waals surface area contributed by atoms with Gasteiger partial charge in [0.05, 0.1) is 13.2 Å². The van der Waals surface area contributed by atoms with Gasteiger partial charge in [0.15, 0.2) is 0 Å². The van der Waals surface area contributed by atoms with E-state index in [0.29, 0.717) is 44.1 Å². The van der Waals surface area contributed by atoms with Gasteiger partial charge in [-0.2, -0.15) is 0 Å². The number of amides is 1. The zero-order valence-electron chi connectivity index (χ0n) is 14.3. The highest BCUT2D eigenvalue weighted by atomic mass is 35.5. The number of piperidine rings is 1. The molecule has 3 heterocycles. The summed E-state index contributed by atoms with van der Waals surface area (Å²) in [5.74, 6) is 0.474. The fourth-order valence-electron chi connectivity index (χ4n) is 4.50. The molecule has 2 bridgehead atoms. The minimum atomic E-state index is -0.260. The van der Waals surface area contributed by atoms with Crippen LogP contribution >= 0.6 is 12.4 Å². The van der Waals surface area contributed by atoms with Crippen molar-refractivity contribution in [3.05, 3.63) is 35.6 Å². The zero-order chi connectivity index (χ0) is 16.5. The van der Waals surface area contributed by atoms with Gasteiger partial charge in [0.1, 0.15) is 11.9 Å². The summed E-state index contributed by atoms with van der Waals surface area (Å²) >= 11 is 0. The van der Waals surface area contributed by atoms with Gasteiger partial charge in [0, 0.05) is 25.0 Å². The SMILES string of the molecule is Cl.O=C(CC1CC2CCC(C1)N2)N1CCOC(c2cccc(F)c2)C1. The molecular weight excluding hydrogens is 343 g/mol. The average molecular weight is 369 g/mol. The highest BCUT2D eigenvalue weighted by Crippen LogP contribution is 2.33. The summed E-state index contributed by atoms with van der Waals surface area (Å²) in [7, 11) is 0. The van der Waals surface area contributed by atoms with Crippen molar-refractivity contribution in [1.82, 2.24) is 10.2 Å². The van der Waals surface area contributed by atoms with Crippen molar-refractivity contribution < 1.29 is 13.9 Å². The van der Waals surface area contributed by atoms with Crippen molar-refractivity contribution in [3.8, 4) is 0 Å². The number of benzene rings is 1. The third-order valence-corrected chi connectivity index (χ3v) is 5.67. The van der Waals surface area contributed by atoms with Crippen LogP contribution in [0.15, 0.2) is 24.3 Å². The highest BCUT2D eigenvalue weighted by Gasteiger charge is 2.35. The molecular formula is C19H26ClFN2O2. The smallest absolute Gasteiger partial charge is 0.223 e. The maximum atomic E-state index is 13.4. The van der Waals surface area contributed by atoms with Crippen LogP contribution in [0.2, 0.25) is 0 Å². The summed E-state index contributed by atoms with van der Waals surface area (Å²) in [6.07, 6.45) is 5.19. The van der Waals surface area contributed by atoms with Crippen LogP contribution in [-0.4, -0.2) is 42.6 Å². The number of carbonyl (C=O) groups excluding carboxylic acids is 1. The second-order valence-electron chi connectivity index (χ2n) is 7.43. The maximum Gasteiger partial charge on any atom is 0.223 e. The number of carbonyl (C=O) groups is 1. The van der Waals surface area contributed by atoms with Gasteiger partial charge in [-0.05, 0) is 49.3 Å². The van der Waals surface area contributed by atoms with Gasteiger partial charge in [-0.1, -0.05) is 12.1 Å². The van der Waals surface area contributed by atoms with E-state index >= 15 is 0 Å². The maximum absolute atomic E-state index is 13.4. The van der Waals surface area contributed by atoms with Gasteiger partial charge in [-0.3, -0.25) is 4.79 Å². The van der Waals surface area contributed by atoms with Crippen LogP contribution < -0.4 is 5.32 Å². The van der Waals surface area contributed by atoms with Crippen molar-refractivity contribution >= 4 is 18.3 Å². The molecule has 0 aliphatic carbocycles. The van der Waals surface area contributed by atoms with E-state index in [1.54, 1.807) is 6.07 Å². The first-order chi connectivity index (χ1) is 11.7. The molecule has 0 spiro atoms. The number of hydrogen-bond donors (Lipinski definition) is 1. The van der Waals surface area contributed by atoms with E-state index in [1.165, 1.54) is 25.0 Å². The molecule has 3 aliphatic heterocycles. The number of hydrogen-bond acceptors (Lipinski definition) is 3. The van der Waals surface area contributed by atoms with Gasteiger partial charge >= 0.3 is 0 Å². The second-order valence-corrected chi connectivity index (χ2v) is 7.43. The first-order valence-electron chi connectivity index (χ1n) is 9.08. The highest BCUT2D eigenvalue weighted by molar-refractivity contribution is 5.85. The third kappa shape index (κ3) is 4.33. The van der Waals surface area contributed by atoms with Gasteiger partial charge in [-0.15, -0.1) is 12.4 Å². The average Bonchev–Trinajstić information content (AvgIpc) is 2.93.